The molecule has 0 saturated heterocycles. The highest BCUT2D eigenvalue weighted by molar-refractivity contribution is 5.86. The fourth-order valence-electron chi connectivity index (χ4n) is 3.02. The molecule has 0 aromatic carbocycles. The largest absolute Gasteiger partial charge is 0.299 e. The van der Waals surface area contributed by atoms with Crippen molar-refractivity contribution in [1.29, 1.82) is 0 Å². The van der Waals surface area contributed by atoms with E-state index in [1.807, 2.05) is 12.2 Å². The lowest BCUT2D eigenvalue weighted by Gasteiger charge is -2.37. The summed E-state index contributed by atoms with van der Waals surface area (Å²) in [5.74, 6) is 0.0866. The number of halogens is 1. The molecule has 0 unspecified atom stereocenters. The van der Waals surface area contributed by atoms with Crippen molar-refractivity contribution in [3.8, 4) is 0 Å². The maximum Gasteiger partial charge on any atom is 0.140 e. The standard InChI is InChI=1S/C14H19FO/c1-11(16)14(9-5-2-6-10-14)12-7-3-4-8-13(12)15/h3,7H,2,4-6,8-10H2,1H3. The minimum absolute atomic E-state index is 0.0559. The first-order valence-corrected chi connectivity index (χ1v) is 6.23. The normalized spacial score (nSPS) is 24.6. The highest BCUT2D eigenvalue weighted by Gasteiger charge is 2.41. The van der Waals surface area contributed by atoms with Crippen LogP contribution in [0.25, 0.3) is 0 Å². The number of ketones is 1. The Bertz CT molecular complexity index is 346. The molecule has 2 heteroatoms. The lowest BCUT2D eigenvalue weighted by molar-refractivity contribution is -0.126. The maximum atomic E-state index is 13.9. The minimum Gasteiger partial charge on any atom is -0.299 e. The van der Waals surface area contributed by atoms with E-state index in [1.54, 1.807) is 6.92 Å². The fourth-order valence-corrected chi connectivity index (χ4v) is 3.02. The lowest BCUT2D eigenvalue weighted by Crippen LogP contribution is -2.34. The third kappa shape index (κ3) is 1.85. The van der Waals surface area contributed by atoms with Crippen molar-refractivity contribution in [3.63, 3.8) is 0 Å². The van der Waals surface area contributed by atoms with Gasteiger partial charge in [-0.2, -0.15) is 0 Å². The van der Waals surface area contributed by atoms with Gasteiger partial charge in [0.05, 0.1) is 5.41 Å². The summed E-state index contributed by atoms with van der Waals surface area (Å²) in [5.41, 5.74) is 0.185. The number of carbonyl (C=O) groups is 1. The van der Waals surface area contributed by atoms with E-state index in [0.717, 1.165) is 32.1 Å². The first kappa shape index (κ1) is 11.6. The zero-order valence-corrected chi connectivity index (χ0v) is 9.89. The number of rotatable bonds is 2. The second-order valence-corrected chi connectivity index (χ2v) is 4.96. The molecule has 0 amide bonds. The first-order valence-electron chi connectivity index (χ1n) is 6.23. The van der Waals surface area contributed by atoms with E-state index in [4.69, 9.17) is 0 Å². The predicted octanol–water partition coefficient (Wildman–Crippen LogP) is 4.10. The van der Waals surface area contributed by atoms with Gasteiger partial charge in [0, 0.05) is 6.42 Å². The summed E-state index contributed by atoms with van der Waals surface area (Å²) in [6.45, 7) is 1.62. The molecular weight excluding hydrogens is 203 g/mol. The number of allylic oxidation sites excluding steroid dienone is 4. The second kappa shape index (κ2) is 4.52. The van der Waals surface area contributed by atoms with Gasteiger partial charge in [-0.05, 0) is 31.8 Å². The van der Waals surface area contributed by atoms with Crippen LogP contribution in [0.3, 0.4) is 0 Å². The molecule has 0 aliphatic heterocycles. The van der Waals surface area contributed by atoms with Crippen LogP contribution in [0.4, 0.5) is 4.39 Å². The van der Waals surface area contributed by atoms with Gasteiger partial charge >= 0.3 is 0 Å². The average Bonchev–Trinajstić information content (AvgIpc) is 2.30. The molecule has 1 nitrogen and oxygen atoms in total. The zero-order chi connectivity index (χ0) is 11.6. The van der Waals surface area contributed by atoms with Gasteiger partial charge in [0.25, 0.3) is 0 Å². The molecule has 1 fully saturated rings. The fraction of sp³-hybridized carbons (Fsp3) is 0.643. The van der Waals surface area contributed by atoms with E-state index in [2.05, 4.69) is 0 Å². The van der Waals surface area contributed by atoms with Crippen molar-refractivity contribution < 1.29 is 9.18 Å². The molecule has 0 aromatic rings. The van der Waals surface area contributed by atoms with Crippen molar-refractivity contribution in [2.75, 3.05) is 0 Å². The van der Waals surface area contributed by atoms with Gasteiger partial charge in [-0.1, -0.05) is 31.4 Å². The Morgan fingerprint density at radius 2 is 2.00 bits per heavy atom. The smallest absolute Gasteiger partial charge is 0.140 e. The van der Waals surface area contributed by atoms with E-state index in [0.29, 0.717) is 12.0 Å². The quantitative estimate of drug-likeness (QED) is 0.687. The van der Waals surface area contributed by atoms with Gasteiger partial charge < -0.3 is 0 Å². The molecule has 0 aromatic heterocycles. The Labute approximate surface area is 96.4 Å². The zero-order valence-electron chi connectivity index (χ0n) is 9.89. The number of Topliss-reactive ketones (excluding diaryl/α,β-unsaturated/α-hetero) is 1. The van der Waals surface area contributed by atoms with Crippen molar-refractivity contribution in [2.45, 2.75) is 51.9 Å². The Kier molecular flexibility index (Phi) is 3.27. The summed E-state index contributed by atoms with van der Waals surface area (Å²) < 4.78 is 13.9. The second-order valence-electron chi connectivity index (χ2n) is 4.96. The molecule has 2 rings (SSSR count). The average molecular weight is 222 g/mol. The van der Waals surface area contributed by atoms with Gasteiger partial charge in [0.2, 0.25) is 0 Å². The van der Waals surface area contributed by atoms with Gasteiger partial charge in [0.1, 0.15) is 11.6 Å². The van der Waals surface area contributed by atoms with Crippen molar-refractivity contribution >= 4 is 5.78 Å². The molecule has 0 heterocycles. The highest BCUT2D eigenvalue weighted by atomic mass is 19.1. The van der Waals surface area contributed by atoms with Crippen LogP contribution in [-0.4, -0.2) is 5.78 Å². The molecule has 88 valence electrons. The lowest BCUT2D eigenvalue weighted by atomic mass is 9.65. The van der Waals surface area contributed by atoms with Crippen molar-refractivity contribution in [1.82, 2.24) is 0 Å². The SMILES string of the molecule is CC(=O)C1(C2=C(F)CCC=C2)CCCCC1. The monoisotopic (exact) mass is 222 g/mol. The van der Waals surface area contributed by atoms with Crippen LogP contribution in [-0.2, 0) is 4.79 Å². The third-order valence-corrected chi connectivity index (χ3v) is 4.00. The Morgan fingerprint density at radius 1 is 1.31 bits per heavy atom. The van der Waals surface area contributed by atoms with E-state index >= 15 is 0 Å². The van der Waals surface area contributed by atoms with Crippen molar-refractivity contribution in [3.05, 3.63) is 23.6 Å². The summed E-state index contributed by atoms with van der Waals surface area (Å²) >= 11 is 0. The molecule has 2 aliphatic rings. The summed E-state index contributed by atoms with van der Waals surface area (Å²) in [4.78, 5) is 11.9. The highest BCUT2D eigenvalue weighted by Crippen LogP contribution is 2.46. The first-order chi connectivity index (χ1) is 7.67. The Morgan fingerprint density at radius 3 is 2.56 bits per heavy atom. The summed E-state index contributed by atoms with van der Waals surface area (Å²) in [5, 5.41) is 0. The summed E-state index contributed by atoms with van der Waals surface area (Å²) in [6.07, 6.45) is 10.0. The van der Waals surface area contributed by atoms with E-state index in [1.165, 1.54) is 6.42 Å². The maximum absolute atomic E-state index is 13.9. The van der Waals surface area contributed by atoms with Crippen molar-refractivity contribution in [2.24, 2.45) is 5.41 Å². The van der Waals surface area contributed by atoms with E-state index in [-0.39, 0.29) is 11.6 Å². The van der Waals surface area contributed by atoms with Crippen LogP contribution in [0.15, 0.2) is 23.6 Å². The van der Waals surface area contributed by atoms with E-state index < -0.39 is 5.41 Å². The Balaban J connectivity index is 2.39. The van der Waals surface area contributed by atoms with Crippen LogP contribution in [0.2, 0.25) is 0 Å². The predicted molar refractivity (Wildman–Crippen MR) is 62.7 cm³/mol. The van der Waals surface area contributed by atoms with E-state index in [9.17, 15) is 9.18 Å². The van der Waals surface area contributed by atoms with Crippen LogP contribution >= 0.6 is 0 Å². The molecule has 1 saturated carbocycles. The Hall–Kier alpha value is -0.920. The number of hydrogen-bond donors (Lipinski definition) is 0. The topological polar surface area (TPSA) is 17.1 Å². The van der Waals surface area contributed by atoms with Crippen LogP contribution in [0, 0.1) is 5.41 Å². The van der Waals surface area contributed by atoms with Crippen LogP contribution in [0.5, 0.6) is 0 Å². The minimum atomic E-state index is -0.501. The van der Waals surface area contributed by atoms with Crippen LogP contribution < -0.4 is 0 Å². The molecule has 0 radical (unpaired) electrons. The number of hydrogen-bond acceptors (Lipinski definition) is 1. The summed E-state index contributed by atoms with van der Waals surface area (Å²) in [7, 11) is 0. The molecular formula is C14H19FO. The third-order valence-electron chi connectivity index (χ3n) is 4.00. The molecule has 0 N–H and O–H groups in total. The van der Waals surface area contributed by atoms with Gasteiger partial charge in [-0.25, -0.2) is 4.39 Å². The molecule has 0 atom stereocenters. The molecule has 2 aliphatic carbocycles. The van der Waals surface area contributed by atoms with Crippen LogP contribution in [0.1, 0.15) is 51.9 Å². The van der Waals surface area contributed by atoms with Gasteiger partial charge in [-0.3, -0.25) is 4.79 Å². The van der Waals surface area contributed by atoms with Gasteiger partial charge in [-0.15, -0.1) is 0 Å². The molecule has 16 heavy (non-hydrogen) atoms. The molecule has 0 bridgehead atoms. The molecule has 0 spiro atoms. The van der Waals surface area contributed by atoms with Gasteiger partial charge in [0.15, 0.2) is 0 Å². The number of carbonyl (C=O) groups excluding carboxylic acids is 1. The summed E-state index contributed by atoms with van der Waals surface area (Å²) in [6, 6.07) is 0.